The number of benzene rings is 2. The van der Waals surface area contributed by atoms with Crippen molar-refractivity contribution >= 4 is 35.1 Å². The number of fused-ring (bicyclic) bond motifs is 1. The number of carbonyl (C=O) groups excluding carboxylic acids is 3. The summed E-state index contributed by atoms with van der Waals surface area (Å²) >= 11 is 6.20. The van der Waals surface area contributed by atoms with Crippen LogP contribution < -0.4 is 5.32 Å². The zero-order valence-corrected chi connectivity index (χ0v) is 17.0. The molecule has 2 heterocycles. The highest BCUT2D eigenvalue weighted by Crippen LogP contribution is 2.24. The fourth-order valence-corrected chi connectivity index (χ4v) is 3.57. The van der Waals surface area contributed by atoms with Gasteiger partial charge in [-0.05, 0) is 30.7 Å². The summed E-state index contributed by atoms with van der Waals surface area (Å²) in [4.78, 5) is 38.6. The van der Waals surface area contributed by atoms with Crippen LogP contribution in [0.15, 0.2) is 54.7 Å². The third-order valence-electron chi connectivity index (χ3n) is 4.95. The molecular weight excluding hydrogens is 404 g/mol. The molecule has 152 valence electrons. The molecule has 2 aromatic carbocycles. The molecule has 0 atom stereocenters. The van der Waals surface area contributed by atoms with Gasteiger partial charge >= 0.3 is 0 Å². The predicted octanol–water partition coefficient (Wildman–Crippen LogP) is 3.52. The number of amides is 3. The number of imide groups is 1. The molecule has 0 saturated carbocycles. The molecular formula is C22H19ClN4O3. The van der Waals surface area contributed by atoms with Crippen LogP contribution >= 0.6 is 11.6 Å². The van der Waals surface area contributed by atoms with Crippen molar-refractivity contribution in [3.8, 4) is 0 Å². The first-order valence-electron chi connectivity index (χ1n) is 9.46. The van der Waals surface area contributed by atoms with Gasteiger partial charge in [-0.2, -0.15) is 5.10 Å². The van der Waals surface area contributed by atoms with Crippen LogP contribution in [0.2, 0.25) is 5.02 Å². The lowest BCUT2D eigenvalue weighted by Crippen LogP contribution is -2.33. The van der Waals surface area contributed by atoms with E-state index in [0.29, 0.717) is 28.5 Å². The number of nitrogens with one attached hydrogen (secondary N) is 1. The molecule has 7 nitrogen and oxygen atoms in total. The van der Waals surface area contributed by atoms with Crippen molar-refractivity contribution < 1.29 is 14.4 Å². The number of aryl methyl sites for hydroxylation is 1. The molecule has 1 N–H and O–H groups in total. The smallest absolute Gasteiger partial charge is 0.261 e. The van der Waals surface area contributed by atoms with Crippen LogP contribution in [0.1, 0.15) is 38.3 Å². The minimum atomic E-state index is -0.369. The molecule has 1 aliphatic rings. The maximum atomic E-state index is 12.5. The van der Waals surface area contributed by atoms with Crippen molar-refractivity contribution in [2.24, 2.45) is 0 Å². The summed E-state index contributed by atoms with van der Waals surface area (Å²) < 4.78 is 1.63. The predicted molar refractivity (Wildman–Crippen MR) is 113 cm³/mol. The summed E-state index contributed by atoms with van der Waals surface area (Å²) in [6.07, 6.45) is 1.57. The Morgan fingerprint density at radius 1 is 1.07 bits per heavy atom. The van der Waals surface area contributed by atoms with E-state index in [-0.39, 0.29) is 30.7 Å². The second kappa shape index (κ2) is 8.12. The summed E-state index contributed by atoms with van der Waals surface area (Å²) in [6, 6.07) is 14.2. The second-order valence-corrected chi connectivity index (χ2v) is 7.48. The van der Waals surface area contributed by atoms with E-state index in [4.69, 9.17) is 11.6 Å². The van der Waals surface area contributed by atoms with Gasteiger partial charge in [0.15, 0.2) is 0 Å². The monoisotopic (exact) mass is 422 g/mol. The number of aromatic nitrogens is 2. The molecule has 1 aromatic heterocycles. The molecule has 0 spiro atoms. The standard InChI is InChI=1S/C22H19ClN4O3/c1-14-6-7-16-17(12-14)22(30)26(21(16)29)11-9-20(28)25-19-8-10-24-27(19)13-15-4-2-3-5-18(15)23/h2-8,10,12H,9,11,13H2,1H3,(H,25,28). The van der Waals surface area contributed by atoms with E-state index in [2.05, 4.69) is 10.4 Å². The highest BCUT2D eigenvalue weighted by molar-refractivity contribution is 6.31. The van der Waals surface area contributed by atoms with Gasteiger partial charge in [0.1, 0.15) is 5.82 Å². The Hall–Kier alpha value is -3.45. The van der Waals surface area contributed by atoms with E-state index in [9.17, 15) is 14.4 Å². The highest BCUT2D eigenvalue weighted by atomic mass is 35.5. The van der Waals surface area contributed by atoms with Gasteiger partial charge in [-0.15, -0.1) is 0 Å². The van der Waals surface area contributed by atoms with Crippen molar-refractivity contribution in [1.82, 2.24) is 14.7 Å². The lowest BCUT2D eigenvalue weighted by molar-refractivity contribution is -0.116. The van der Waals surface area contributed by atoms with E-state index in [1.165, 1.54) is 0 Å². The molecule has 30 heavy (non-hydrogen) atoms. The molecule has 0 saturated heterocycles. The fraction of sp³-hybridized carbons (Fsp3) is 0.182. The topological polar surface area (TPSA) is 84.3 Å². The van der Waals surface area contributed by atoms with Crippen LogP contribution in [0.5, 0.6) is 0 Å². The van der Waals surface area contributed by atoms with E-state index in [1.807, 2.05) is 25.1 Å². The molecule has 3 amide bonds. The van der Waals surface area contributed by atoms with Crippen LogP contribution in [0.25, 0.3) is 0 Å². The second-order valence-electron chi connectivity index (χ2n) is 7.07. The minimum absolute atomic E-state index is 0.00980. The lowest BCUT2D eigenvalue weighted by atomic mass is 10.1. The average Bonchev–Trinajstić information content (AvgIpc) is 3.24. The Kier molecular flexibility index (Phi) is 5.37. The number of anilines is 1. The van der Waals surface area contributed by atoms with Crippen molar-refractivity contribution in [1.29, 1.82) is 0 Å². The maximum absolute atomic E-state index is 12.5. The zero-order valence-electron chi connectivity index (χ0n) is 16.3. The van der Waals surface area contributed by atoms with Crippen LogP contribution in [0.4, 0.5) is 5.82 Å². The van der Waals surface area contributed by atoms with E-state index >= 15 is 0 Å². The third kappa shape index (κ3) is 3.84. The minimum Gasteiger partial charge on any atom is -0.311 e. The van der Waals surface area contributed by atoms with Crippen LogP contribution in [0.3, 0.4) is 0 Å². The first kappa shape index (κ1) is 19.8. The Balaban J connectivity index is 1.39. The van der Waals surface area contributed by atoms with Gasteiger partial charge in [-0.1, -0.05) is 41.4 Å². The number of carbonyl (C=O) groups is 3. The fourth-order valence-electron chi connectivity index (χ4n) is 3.38. The quantitative estimate of drug-likeness (QED) is 0.616. The molecule has 4 rings (SSSR count). The average molecular weight is 423 g/mol. The SMILES string of the molecule is Cc1ccc2c(c1)C(=O)N(CCC(=O)Nc1ccnn1Cc1ccccc1Cl)C2=O. The van der Waals surface area contributed by atoms with E-state index < -0.39 is 0 Å². The normalized spacial score (nSPS) is 12.9. The molecule has 0 bridgehead atoms. The molecule has 0 radical (unpaired) electrons. The Morgan fingerprint density at radius 3 is 2.63 bits per heavy atom. The Bertz CT molecular complexity index is 1150. The summed E-state index contributed by atoms with van der Waals surface area (Å²) in [5.74, 6) is -0.539. The van der Waals surface area contributed by atoms with E-state index in [0.717, 1.165) is 16.0 Å². The van der Waals surface area contributed by atoms with Gasteiger partial charge in [0.2, 0.25) is 5.91 Å². The Morgan fingerprint density at radius 2 is 1.83 bits per heavy atom. The largest absolute Gasteiger partial charge is 0.311 e. The lowest BCUT2D eigenvalue weighted by Gasteiger charge is -2.14. The van der Waals surface area contributed by atoms with Crippen molar-refractivity contribution in [3.63, 3.8) is 0 Å². The molecule has 0 unspecified atom stereocenters. The summed E-state index contributed by atoms with van der Waals surface area (Å²) in [7, 11) is 0. The van der Waals surface area contributed by atoms with Gasteiger partial charge in [0, 0.05) is 24.1 Å². The van der Waals surface area contributed by atoms with Gasteiger partial charge in [-0.3, -0.25) is 19.3 Å². The van der Waals surface area contributed by atoms with Gasteiger partial charge in [0.05, 0.1) is 23.9 Å². The Labute approximate surface area is 178 Å². The molecule has 0 fully saturated rings. The summed E-state index contributed by atoms with van der Waals surface area (Å²) in [5.41, 5.74) is 2.54. The maximum Gasteiger partial charge on any atom is 0.261 e. The van der Waals surface area contributed by atoms with Crippen molar-refractivity contribution in [2.45, 2.75) is 19.9 Å². The van der Waals surface area contributed by atoms with Gasteiger partial charge in [0.25, 0.3) is 11.8 Å². The zero-order chi connectivity index (χ0) is 21.3. The summed E-state index contributed by atoms with van der Waals surface area (Å²) in [5, 5.41) is 7.63. The number of hydrogen-bond donors (Lipinski definition) is 1. The molecule has 1 aliphatic heterocycles. The highest BCUT2D eigenvalue weighted by Gasteiger charge is 2.35. The van der Waals surface area contributed by atoms with Crippen LogP contribution in [-0.2, 0) is 11.3 Å². The van der Waals surface area contributed by atoms with Crippen LogP contribution in [0, 0.1) is 6.92 Å². The van der Waals surface area contributed by atoms with E-state index in [1.54, 1.807) is 41.2 Å². The first-order valence-corrected chi connectivity index (χ1v) is 9.84. The molecule has 3 aromatic rings. The molecule has 0 aliphatic carbocycles. The van der Waals surface area contributed by atoms with Crippen molar-refractivity contribution in [2.75, 3.05) is 11.9 Å². The van der Waals surface area contributed by atoms with Crippen LogP contribution in [-0.4, -0.2) is 38.9 Å². The van der Waals surface area contributed by atoms with Crippen molar-refractivity contribution in [3.05, 3.63) is 82.0 Å². The van der Waals surface area contributed by atoms with Gasteiger partial charge in [-0.25, -0.2) is 4.68 Å². The number of nitrogens with zero attached hydrogens (tertiary/aromatic N) is 3. The molecule has 8 heteroatoms. The summed E-state index contributed by atoms with van der Waals surface area (Å²) in [6.45, 7) is 2.27. The number of halogens is 1. The first-order chi connectivity index (χ1) is 14.4. The number of hydrogen-bond acceptors (Lipinski definition) is 4. The van der Waals surface area contributed by atoms with Gasteiger partial charge < -0.3 is 5.32 Å². The number of rotatable bonds is 6. The third-order valence-corrected chi connectivity index (χ3v) is 5.32.